The molecule has 1 unspecified atom stereocenters. The van der Waals surface area contributed by atoms with Crippen molar-refractivity contribution < 1.29 is 4.79 Å². The van der Waals surface area contributed by atoms with Gasteiger partial charge in [0, 0.05) is 17.0 Å². The third-order valence-electron chi connectivity index (χ3n) is 4.29. The van der Waals surface area contributed by atoms with Crippen LogP contribution in [0.4, 0.5) is 0 Å². The fourth-order valence-electron chi connectivity index (χ4n) is 2.64. The smallest absolute Gasteiger partial charge is 0.224 e. The maximum absolute atomic E-state index is 12.2. The Labute approximate surface area is 134 Å². The van der Waals surface area contributed by atoms with E-state index in [9.17, 15) is 4.79 Å². The van der Waals surface area contributed by atoms with E-state index in [0.717, 1.165) is 17.9 Å². The van der Waals surface area contributed by atoms with Crippen LogP contribution in [0, 0.1) is 5.92 Å². The number of nitrogens with one attached hydrogen (secondary N) is 1. The summed E-state index contributed by atoms with van der Waals surface area (Å²) in [6, 6.07) is 7.93. The van der Waals surface area contributed by atoms with Gasteiger partial charge in [-0.2, -0.15) is 5.10 Å². The molecule has 6 heteroatoms. The number of amides is 1. The zero-order chi connectivity index (χ0) is 15.6. The first kappa shape index (κ1) is 15.0. The quantitative estimate of drug-likeness (QED) is 0.889. The van der Waals surface area contributed by atoms with Gasteiger partial charge in [-0.15, -0.1) is 0 Å². The minimum atomic E-state index is -0.136. The highest BCUT2D eigenvalue weighted by molar-refractivity contribution is 6.30. The number of rotatable bonds is 6. The van der Waals surface area contributed by atoms with Crippen LogP contribution in [0.1, 0.15) is 25.3 Å². The van der Waals surface area contributed by atoms with Crippen LogP contribution in [0.5, 0.6) is 0 Å². The molecule has 1 aliphatic carbocycles. The number of aromatic nitrogens is 3. The molecule has 1 aromatic carbocycles. The maximum atomic E-state index is 12.2. The van der Waals surface area contributed by atoms with Gasteiger partial charge in [-0.1, -0.05) is 30.7 Å². The minimum absolute atomic E-state index is 0.0516. The van der Waals surface area contributed by atoms with Crippen molar-refractivity contribution in [1.82, 2.24) is 20.1 Å². The molecule has 1 amide bonds. The van der Waals surface area contributed by atoms with Gasteiger partial charge >= 0.3 is 0 Å². The van der Waals surface area contributed by atoms with Crippen LogP contribution in [-0.2, 0) is 16.8 Å². The van der Waals surface area contributed by atoms with Crippen LogP contribution in [0.25, 0.3) is 0 Å². The highest BCUT2D eigenvalue weighted by Gasteiger charge is 2.44. The minimum Gasteiger partial charge on any atom is -0.355 e. The highest BCUT2D eigenvalue weighted by Crippen LogP contribution is 2.47. The van der Waals surface area contributed by atoms with Crippen molar-refractivity contribution in [3.8, 4) is 0 Å². The summed E-state index contributed by atoms with van der Waals surface area (Å²) >= 11 is 5.94. The highest BCUT2D eigenvalue weighted by atomic mass is 35.5. The van der Waals surface area contributed by atoms with Gasteiger partial charge in [-0.25, -0.2) is 4.98 Å². The Bertz CT molecular complexity index is 635. The number of carbonyl (C=O) groups excluding carboxylic acids is 1. The average molecular weight is 319 g/mol. The number of nitrogens with zero attached hydrogens (tertiary/aromatic N) is 3. The third kappa shape index (κ3) is 3.30. The molecule has 0 saturated heterocycles. The van der Waals surface area contributed by atoms with E-state index in [2.05, 4.69) is 27.5 Å². The topological polar surface area (TPSA) is 59.8 Å². The number of hydrogen-bond donors (Lipinski definition) is 1. The third-order valence-corrected chi connectivity index (χ3v) is 4.54. The van der Waals surface area contributed by atoms with Crippen molar-refractivity contribution in [1.29, 1.82) is 0 Å². The molecule has 1 aromatic heterocycles. The van der Waals surface area contributed by atoms with Crippen molar-refractivity contribution in [3.05, 3.63) is 47.5 Å². The Morgan fingerprint density at radius 3 is 2.73 bits per heavy atom. The number of halogens is 1. The van der Waals surface area contributed by atoms with Gasteiger partial charge in [0.15, 0.2) is 0 Å². The number of hydrogen-bond acceptors (Lipinski definition) is 3. The molecule has 116 valence electrons. The second-order valence-corrected chi connectivity index (χ2v) is 6.46. The molecule has 1 saturated carbocycles. The first-order valence-corrected chi connectivity index (χ1v) is 7.83. The average Bonchev–Trinajstić information content (AvgIpc) is 3.14. The van der Waals surface area contributed by atoms with Crippen LogP contribution < -0.4 is 5.32 Å². The van der Waals surface area contributed by atoms with E-state index >= 15 is 0 Å². The molecule has 2 aromatic rings. The van der Waals surface area contributed by atoms with Crippen LogP contribution in [0.15, 0.2) is 36.9 Å². The fourth-order valence-corrected chi connectivity index (χ4v) is 2.77. The summed E-state index contributed by atoms with van der Waals surface area (Å²) in [4.78, 5) is 16.1. The van der Waals surface area contributed by atoms with Gasteiger partial charge in [0.1, 0.15) is 12.7 Å². The standard InChI is InChI=1S/C16H19ClN4O/c1-12(8-21-11-18-10-20-21)15(22)19-9-16(6-7-16)13-2-4-14(17)5-3-13/h2-5,10-12H,6-9H2,1H3,(H,19,22). The zero-order valence-corrected chi connectivity index (χ0v) is 13.3. The van der Waals surface area contributed by atoms with Crippen molar-refractivity contribution in [3.63, 3.8) is 0 Å². The second kappa shape index (κ2) is 6.08. The number of benzene rings is 1. The second-order valence-electron chi connectivity index (χ2n) is 6.02. The molecule has 3 rings (SSSR count). The van der Waals surface area contributed by atoms with Crippen molar-refractivity contribution in [2.75, 3.05) is 6.54 Å². The summed E-state index contributed by atoms with van der Waals surface area (Å²) in [5, 5.41) is 7.85. The van der Waals surface area contributed by atoms with E-state index in [1.165, 1.54) is 11.9 Å². The predicted octanol–water partition coefficient (Wildman–Crippen LogP) is 2.42. The van der Waals surface area contributed by atoms with Crippen LogP contribution in [0.2, 0.25) is 5.02 Å². The molecule has 22 heavy (non-hydrogen) atoms. The van der Waals surface area contributed by atoms with E-state index in [0.29, 0.717) is 13.1 Å². The largest absolute Gasteiger partial charge is 0.355 e. The molecule has 0 radical (unpaired) electrons. The Morgan fingerprint density at radius 1 is 1.41 bits per heavy atom. The summed E-state index contributed by atoms with van der Waals surface area (Å²) in [5.41, 5.74) is 1.34. The van der Waals surface area contributed by atoms with Gasteiger partial charge in [0.2, 0.25) is 5.91 Å². The molecule has 1 N–H and O–H groups in total. The first-order valence-electron chi connectivity index (χ1n) is 7.45. The van der Waals surface area contributed by atoms with E-state index in [4.69, 9.17) is 11.6 Å². The Kier molecular flexibility index (Phi) is 4.16. The molecule has 1 aliphatic rings. The zero-order valence-electron chi connectivity index (χ0n) is 12.5. The monoisotopic (exact) mass is 318 g/mol. The molecular weight excluding hydrogens is 300 g/mol. The molecule has 0 aliphatic heterocycles. The Morgan fingerprint density at radius 2 is 2.14 bits per heavy atom. The normalized spacial score (nSPS) is 17.0. The molecule has 1 heterocycles. The van der Waals surface area contributed by atoms with Gasteiger partial charge in [-0.3, -0.25) is 9.48 Å². The van der Waals surface area contributed by atoms with Gasteiger partial charge in [0.25, 0.3) is 0 Å². The van der Waals surface area contributed by atoms with Crippen molar-refractivity contribution in [2.45, 2.75) is 31.7 Å². The summed E-state index contributed by atoms with van der Waals surface area (Å²) in [6.07, 6.45) is 5.31. The molecule has 1 atom stereocenters. The fraction of sp³-hybridized carbons (Fsp3) is 0.438. The lowest BCUT2D eigenvalue weighted by atomic mass is 9.96. The SMILES string of the molecule is CC(Cn1cncn1)C(=O)NCC1(c2ccc(Cl)cc2)CC1. The summed E-state index contributed by atoms with van der Waals surface area (Å²) in [6.45, 7) is 3.12. The Balaban J connectivity index is 1.55. The molecule has 1 fully saturated rings. The maximum Gasteiger partial charge on any atom is 0.224 e. The molecule has 5 nitrogen and oxygen atoms in total. The lowest BCUT2D eigenvalue weighted by Gasteiger charge is -2.19. The van der Waals surface area contributed by atoms with Crippen molar-refractivity contribution >= 4 is 17.5 Å². The molecular formula is C16H19ClN4O. The van der Waals surface area contributed by atoms with Gasteiger partial charge < -0.3 is 5.32 Å². The summed E-state index contributed by atoms with van der Waals surface area (Å²) < 4.78 is 1.68. The lowest BCUT2D eigenvalue weighted by molar-refractivity contribution is -0.125. The van der Waals surface area contributed by atoms with Gasteiger partial charge in [-0.05, 0) is 30.5 Å². The van der Waals surface area contributed by atoms with E-state index in [1.54, 1.807) is 11.0 Å². The molecule has 0 bridgehead atoms. The summed E-state index contributed by atoms with van der Waals surface area (Å²) in [7, 11) is 0. The van der Waals surface area contributed by atoms with E-state index < -0.39 is 0 Å². The van der Waals surface area contributed by atoms with Crippen molar-refractivity contribution in [2.24, 2.45) is 5.92 Å². The predicted molar refractivity (Wildman–Crippen MR) is 84.6 cm³/mol. The van der Waals surface area contributed by atoms with E-state index in [-0.39, 0.29) is 17.2 Å². The number of carbonyl (C=O) groups is 1. The molecule has 0 spiro atoms. The van der Waals surface area contributed by atoms with Crippen LogP contribution in [-0.4, -0.2) is 27.2 Å². The first-order chi connectivity index (χ1) is 10.6. The van der Waals surface area contributed by atoms with Crippen LogP contribution in [0.3, 0.4) is 0 Å². The van der Waals surface area contributed by atoms with Gasteiger partial charge in [0.05, 0.1) is 12.5 Å². The summed E-state index contributed by atoms with van der Waals surface area (Å²) in [5.74, 6) is -0.0848. The van der Waals surface area contributed by atoms with E-state index in [1.807, 2.05) is 19.1 Å². The Hall–Kier alpha value is -1.88. The lowest BCUT2D eigenvalue weighted by Crippen LogP contribution is -2.37. The van der Waals surface area contributed by atoms with Crippen LogP contribution >= 0.6 is 11.6 Å².